The van der Waals surface area contributed by atoms with E-state index in [4.69, 9.17) is 4.52 Å². The molecule has 0 amide bonds. The van der Waals surface area contributed by atoms with Crippen LogP contribution in [-0.2, 0) is 6.18 Å². The molecule has 0 radical (unpaired) electrons. The van der Waals surface area contributed by atoms with E-state index in [9.17, 15) is 17.6 Å². The highest BCUT2D eigenvalue weighted by atomic mass is 19.4. The van der Waals surface area contributed by atoms with Gasteiger partial charge in [-0.1, -0.05) is 29.4 Å². The number of benzene rings is 2. The van der Waals surface area contributed by atoms with Gasteiger partial charge in [0.05, 0.1) is 11.6 Å². The van der Waals surface area contributed by atoms with Crippen molar-refractivity contribution in [1.29, 1.82) is 0 Å². The van der Waals surface area contributed by atoms with E-state index in [1.807, 2.05) is 6.92 Å². The first-order valence-corrected chi connectivity index (χ1v) is 8.68. The van der Waals surface area contributed by atoms with Crippen LogP contribution in [0.4, 0.5) is 17.6 Å². The first kappa shape index (κ1) is 20.0. The SMILES string of the molecule is Cc1ccc(-c2noc([C@@H](C)N[C@@H](C)c3ccc(C(F)(F)F)cc3)n2)cc1F. The average molecular weight is 393 g/mol. The third-order valence-corrected chi connectivity index (χ3v) is 4.48. The van der Waals surface area contributed by atoms with Gasteiger partial charge in [0, 0.05) is 11.6 Å². The highest BCUT2D eigenvalue weighted by molar-refractivity contribution is 5.55. The molecule has 28 heavy (non-hydrogen) atoms. The summed E-state index contributed by atoms with van der Waals surface area (Å²) in [7, 11) is 0. The lowest BCUT2D eigenvalue weighted by Gasteiger charge is -2.18. The highest BCUT2D eigenvalue weighted by Crippen LogP contribution is 2.30. The van der Waals surface area contributed by atoms with E-state index in [1.165, 1.54) is 18.2 Å². The van der Waals surface area contributed by atoms with Crippen LogP contribution >= 0.6 is 0 Å². The number of aromatic nitrogens is 2. The second-order valence-corrected chi connectivity index (χ2v) is 6.65. The van der Waals surface area contributed by atoms with Crippen LogP contribution in [0.2, 0.25) is 0 Å². The van der Waals surface area contributed by atoms with Gasteiger partial charge in [-0.2, -0.15) is 18.2 Å². The fourth-order valence-electron chi connectivity index (χ4n) is 2.76. The Hall–Kier alpha value is -2.74. The van der Waals surface area contributed by atoms with E-state index in [1.54, 1.807) is 26.0 Å². The Morgan fingerprint density at radius 3 is 2.29 bits per heavy atom. The molecular weight excluding hydrogens is 374 g/mol. The third-order valence-electron chi connectivity index (χ3n) is 4.48. The van der Waals surface area contributed by atoms with E-state index in [0.29, 0.717) is 22.6 Å². The number of nitrogens with zero attached hydrogens (tertiary/aromatic N) is 2. The molecule has 0 fully saturated rings. The van der Waals surface area contributed by atoms with Gasteiger partial charge in [0.25, 0.3) is 0 Å². The maximum absolute atomic E-state index is 13.7. The maximum Gasteiger partial charge on any atom is 0.416 e. The molecule has 1 N–H and O–H groups in total. The number of nitrogens with one attached hydrogen (secondary N) is 1. The van der Waals surface area contributed by atoms with Crippen molar-refractivity contribution in [3.8, 4) is 11.4 Å². The van der Waals surface area contributed by atoms with Gasteiger partial charge in [-0.25, -0.2) is 4.39 Å². The van der Waals surface area contributed by atoms with Crippen molar-refractivity contribution in [2.45, 2.75) is 39.0 Å². The Kier molecular flexibility index (Phi) is 5.51. The van der Waals surface area contributed by atoms with E-state index >= 15 is 0 Å². The molecule has 0 spiro atoms. The molecule has 0 bridgehead atoms. The van der Waals surface area contributed by atoms with Crippen LogP contribution in [0.3, 0.4) is 0 Å². The molecule has 1 aromatic heterocycles. The number of hydrogen-bond donors (Lipinski definition) is 1. The van der Waals surface area contributed by atoms with Crippen LogP contribution in [0.1, 0.15) is 48.5 Å². The number of hydrogen-bond acceptors (Lipinski definition) is 4. The summed E-state index contributed by atoms with van der Waals surface area (Å²) in [5.41, 5.74) is 1.03. The Labute approximate surface area is 159 Å². The van der Waals surface area contributed by atoms with Crippen molar-refractivity contribution in [2.24, 2.45) is 0 Å². The standard InChI is InChI=1S/C20H19F4N3O/c1-11-4-5-15(10-17(11)21)18-26-19(28-27-18)13(3)25-12(2)14-6-8-16(9-7-14)20(22,23)24/h4-10,12-13,25H,1-3H3/t12-,13+/m0/s1. The minimum Gasteiger partial charge on any atom is -0.337 e. The van der Waals surface area contributed by atoms with Gasteiger partial charge in [0.15, 0.2) is 0 Å². The summed E-state index contributed by atoms with van der Waals surface area (Å²) in [5.74, 6) is 0.213. The van der Waals surface area contributed by atoms with Gasteiger partial charge >= 0.3 is 6.18 Å². The molecule has 0 unspecified atom stereocenters. The molecule has 3 aromatic rings. The molecule has 3 rings (SSSR count). The molecule has 2 aromatic carbocycles. The molecule has 0 aliphatic carbocycles. The third kappa shape index (κ3) is 4.39. The van der Waals surface area contributed by atoms with E-state index in [0.717, 1.165) is 12.1 Å². The lowest BCUT2D eigenvalue weighted by Crippen LogP contribution is -2.22. The summed E-state index contributed by atoms with van der Waals surface area (Å²) < 4.78 is 57.0. The fraction of sp³-hybridized carbons (Fsp3) is 0.300. The summed E-state index contributed by atoms with van der Waals surface area (Å²) in [6, 6.07) is 9.04. The van der Waals surface area contributed by atoms with Gasteiger partial charge in [-0.05, 0) is 50.1 Å². The van der Waals surface area contributed by atoms with E-state index in [-0.39, 0.29) is 23.7 Å². The minimum absolute atomic E-state index is 0.246. The second kappa shape index (κ2) is 7.71. The summed E-state index contributed by atoms with van der Waals surface area (Å²) >= 11 is 0. The summed E-state index contributed by atoms with van der Waals surface area (Å²) in [6.45, 7) is 5.29. The Bertz CT molecular complexity index is 951. The Morgan fingerprint density at radius 1 is 1.00 bits per heavy atom. The smallest absolute Gasteiger partial charge is 0.337 e. The van der Waals surface area contributed by atoms with Crippen LogP contribution in [0.5, 0.6) is 0 Å². The van der Waals surface area contributed by atoms with Gasteiger partial charge in [0.2, 0.25) is 11.7 Å². The molecule has 0 aliphatic rings. The van der Waals surface area contributed by atoms with Gasteiger partial charge in [-0.15, -0.1) is 0 Å². The lowest BCUT2D eigenvalue weighted by molar-refractivity contribution is -0.137. The van der Waals surface area contributed by atoms with Gasteiger partial charge in [-0.3, -0.25) is 5.32 Å². The quantitative estimate of drug-likeness (QED) is 0.572. The zero-order valence-electron chi connectivity index (χ0n) is 15.5. The average Bonchev–Trinajstić information content (AvgIpc) is 3.13. The second-order valence-electron chi connectivity index (χ2n) is 6.65. The normalized spacial score (nSPS) is 14.1. The molecule has 148 valence electrons. The van der Waals surface area contributed by atoms with Gasteiger partial charge < -0.3 is 4.52 Å². The van der Waals surface area contributed by atoms with Crippen molar-refractivity contribution in [1.82, 2.24) is 15.5 Å². The topological polar surface area (TPSA) is 51.0 Å². The predicted octanol–water partition coefficient (Wildman–Crippen LogP) is 5.61. The molecule has 0 aliphatic heterocycles. The summed E-state index contributed by atoms with van der Waals surface area (Å²) in [4.78, 5) is 4.29. The molecule has 4 nitrogen and oxygen atoms in total. The summed E-state index contributed by atoms with van der Waals surface area (Å²) in [5, 5.41) is 7.08. The first-order chi connectivity index (χ1) is 13.1. The van der Waals surface area contributed by atoms with Crippen molar-refractivity contribution in [3.05, 3.63) is 70.9 Å². The number of alkyl halides is 3. The fourth-order valence-corrected chi connectivity index (χ4v) is 2.76. The van der Waals surface area contributed by atoms with E-state index < -0.39 is 11.7 Å². The Morgan fingerprint density at radius 2 is 1.68 bits per heavy atom. The predicted molar refractivity (Wildman–Crippen MR) is 95.8 cm³/mol. The molecule has 0 saturated heterocycles. The molecular formula is C20H19F4N3O. The molecule has 2 atom stereocenters. The summed E-state index contributed by atoms with van der Waals surface area (Å²) in [6.07, 6.45) is -4.36. The zero-order valence-corrected chi connectivity index (χ0v) is 15.5. The van der Waals surface area contributed by atoms with Crippen LogP contribution in [0.25, 0.3) is 11.4 Å². The van der Waals surface area contributed by atoms with Gasteiger partial charge in [0.1, 0.15) is 5.82 Å². The van der Waals surface area contributed by atoms with Crippen LogP contribution < -0.4 is 5.32 Å². The number of aryl methyl sites for hydroxylation is 1. The minimum atomic E-state index is -4.36. The molecule has 0 saturated carbocycles. The van der Waals surface area contributed by atoms with Crippen LogP contribution in [-0.4, -0.2) is 10.1 Å². The van der Waals surface area contributed by atoms with E-state index in [2.05, 4.69) is 15.5 Å². The lowest BCUT2D eigenvalue weighted by atomic mass is 10.1. The van der Waals surface area contributed by atoms with Crippen molar-refractivity contribution in [3.63, 3.8) is 0 Å². The number of rotatable bonds is 5. The van der Waals surface area contributed by atoms with Crippen molar-refractivity contribution in [2.75, 3.05) is 0 Å². The van der Waals surface area contributed by atoms with Crippen LogP contribution in [0.15, 0.2) is 47.0 Å². The van der Waals surface area contributed by atoms with Crippen molar-refractivity contribution >= 4 is 0 Å². The molecule has 1 heterocycles. The van der Waals surface area contributed by atoms with Crippen LogP contribution in [0, 0.1) is 12.7 Å². The Balaban J connectivity index is 1.70. The monoisotopic (exact) mass is 393 g/mol. The highest BCUT2D eigenvalue weighted by Gasteiger charge is 2.30. The largest absolute Gasteiger partial charge is 0.416 e. The first-order valence-electron chi connectivity index (χ1n) is 8.68. The number of halogens is 4. The maximum atomic E-state index is 13.7. The molecule has 8 heteroatoms. The zero-order chi connectivity index (χ0) is 20.5. The van der Waals surface area contributed by atoms with Crippen molar-refractivity contribution < 1.29 is 22.1 Å².